The number of nitriles is 1. The first kappa shape index (κ1) is 17.4. The van der Waals surface area contributed by atoms with Crippen LogP contribution in [0.4, 0.5) is 0 Å². The van der Waals surface area contributed by atoms with Gasteiger partial charge in [0, 0.05) is 12.2 Å². The SMILES string of the molecule is CSCCC(N/C=C(/C#N)C(=O)NC1CCCC1)C(=O)O. The minimum absolute atomic E-state index is 0.0858. The zero-order chi connectivity index (χ0) is 15.7. The normalized spacial score (nSPS) is 17.0. The van der Waals surface area contributed by atoms with E-state index in [0.29, 0.717) is 12.2 Å². The molecule has 116 valence electrons. The fourth-order valence-corrected chi connectivity index (χ4v) is 2.65. The van der Waals surface area contributed by atoms with Crippen molar-refractivity contribution in [1.29, 1.82) is 5.26 Å². The summed E-state index contributed by atoms with van der Waals surface area (Å²) < 4.78 is 0. The molecule has 0 heterocycles. The van der Waals surface area contributed by atoms with Gasteiger partial charge >= 0.3 is 5.97 Å². The van der Waals surface area contributed by atoms with E-state index in [1.165, 1.54) is 6.20 Å². The molecule has 1 saturated carbocycles. The van der Waals surface area contributed by atoms with Gasteiger partial charge in [0.2, 0.25) is 0 Å². The lowest BCUT2D eigenvalue weighted by Gasteiger charge is -2.13. The molecule has 3 N–H and O–H groups in total. The largest absolute Gasteiger partial charge is 0.480 e. The summed E-state index contributed by atoms with van der Waals surface area (Å²) >= 11 is 1.55. The summed E-state index contributed by atoms with van der Waals surface area (Å²) in [5, 5.41) is 23.6. The molecular formula is C14H21N3O3S. The van der Waals surface area contributed by atoms with Gasteiger partial charge in [-0.05, 0) is 31.3 Å². The molecular weight excluding hydrogens is 290 g/mol. The Morgan fingerprint density at radius 1 is 1.48 bits per heavy atom. The summed E-state index contributed by atoms with van der Waals surface area (Å²) in [6, 6.07) is 1.15. The van der Waals surface area contributed by atoms with Gasteiger partial charge < -0.3 is 15.7 Å². The molecule has 1 atom stereocenters. The molecule has 1 fully saturated rings. The average Bonchev–Trinajstić information content (AvgIpc) is 2.95. The van der Waals surface area contributed by atoms with E-state index >= 15 is 0 Å². The van der Waals surface area contributed by atoms with Gasteiger partial charge in [0.1, 0.15) is 17.7 Å². The standard InChI is InChI=1S/C14H21N3O3S/c1-21-7-6-12(14(19)20)16-9-10(8-15)13(18)17-11-4-2-3-5-11/h9,11-12,16H,2-7H2,1H3,(H,17,18)(H,19,20)/b10-9-. The van der Waals surface area contributed by atoms with Crippen LogP contribution in [0.25, 0.3) is 0 Å². The second-order valence-electron chi connectivity index (χ2n) is 4.96. The summed E-state index contributed by atoms with van der Waals surface area (Å²) in [5.74, 6) is -0.742. The number of rotatable bonds is 8. The van der Waals surface area contributed by atoms with Crippen molar-refractivity contribution in [1.82, 2.24) is 10.6 Å². The minimum Gasteiger partial charge on any atom is -0.480 e. The van der Waals surface area contributed by atoms with E-state index in [0.717, 1.165) is 25.7 Å². The van der Waals surface area contributed by atoms with E-state index in [2.05, 4.69) is 10.6 Å². The van der Waals surface area contributed by atoms with Crippen molar-refractivity contribution >= 4 is 23.6 Å². The lowest BCUT2D eigenvalue weighted by molar-refractivity contribution is -0.139. The highest BCUT2D eigenvalue weighted by Gasteiger charge is 2.20. The predicted molar refractivity (Wildman–Crippen MR) is 81.7 cm³/mol. The van der Waals surface area contributed by atoms with Crippen molar-refractivity contribution < 1.29 is 14.7 Å². The highest BCUT2D eigenvalue weighted by Crippen LogP contribution is 2.17. The Morgan fingerprint density at radius 2 is 2.14 bits per heavy atom. The van der Waals surface area contributed by atoms with Crippen LogP contribution in [0.3, 0.4) is 0 Å². The van der Waals surface area contributed by atoms with Crippen molar-refractivity contribution in [3.8, 4) is 6.07 Å². The topological polar surface area (TPSA) is 102 Å². The van der Waals surface area contributed by atoms with Gasteiger partial charge in [-0.25, -0.2) is 4.79 Å². The highest BCUT2D eigenvalue weighted by molar-refractivity contribution is 7.98. The number of carboxylic acids is 1. The first-order valence-corrected chi connectivity index (χ1v) is 8.36. The Kier molecular flexibility index (Phi) is 7.69. The molecule has 1 aliphatic rings. The van der Waals surface area contributed by atoms with Gasteiger partial charge in [0.05, 0.1) is 0 Å². The Bertz CT molecular complexity index is 439. The summed E-state index contributed by atoms with van der Waals surface area (Å²) in [4.78, 5) is 23.0. The van der Waals surface area contributed by atoms with Crippen molar-refractivity contribution in [2.75, 3.05) is 12.0 Å². The van der Waals surface area contributed by atoms with Crippen LogP contribution in [-0.2, 0) is 9.59 Å². The zero-order valence-electron chi connectivity index (χ0n) is 12.1. The van der Waals surface area contributed by atoms with Gasteiger partial charge in [0.15, 0.2) is 0 Å². The summed E-state index contributed by atoms with van der Waals surface area (Å²) in [6.45, 7) is 0. The number of nitrogens with zero attached hydrogens (tertiary/aromatic N) is 1. The predicted octanol–water partition coefficient (Wildman–Crippen LogP) is 1.25. The lowest BCUT2D eigenvalue weighted by atomic mass is 10.2. The van der Waals surface area contributed by atoms with E-state index in [1.807, 2.05) is 12.3 Å². The molecule has 1 aliphatic carbocycles. The average molecular weight is 311 g/mol. The Labute approximate surface area is 129 Å². The summed E-state index contributed by atoms with van der Waals surface area (Å²) in [5.41, 5.74) is -0.0858. The van der Waals surface area contributed by atoms with Crippen LogP contribution >= 0.6 is 11.8 Å². The second-order valence-corrected chi connectivity index (χ2v) is 5.95. The highest BCUT2D eigenvalue weighted by atomic mass is 32.2. The van der Waals surface area contributed by atoms with Gasteiger partial charge in [-0.1, -0.05) is 12.8 Å². The molecule has 7 heteroatoms. The monoisotopic (exact) mass is 311 g/mol. The third-order valence-electron chi connectivity index (χ3n) is 3.39. The fourth-order valence-electron chi connectivity index (χ4n) is 2.18. The van der Waals surface area contributed by atoms with E-state index in [4.69, 9.17) is 10.4 Å². The maximum Gasteiger partial charge on any atom is 0.326 e. The minimum atomic E-state index is -0.992. The molecule has 0 aromatic carbocycles. The Morgan fingerprint density at radius 3 is 2.67 bits per heavy atom. The molecule has 0 aliphatic heterocycles. The van der Waals surface area contributed by atoms with Crippen LogP contribution in [0.5, 0.6) is 0 Å². The number of carbonyl (C=O) groups is 2. The van der Waals surface area contributed by atoms with Crippen LogP contribution in [0.1, 0.15) is 32.1 Å². The van der Waals surface area contributed by atoms with Crippen LogP contribution in [0.15, 0.2) is 11.8 Å². The third kappa shape index (κ3) is 6.08. The fraction of sp³-hybridized carbons (Fsp3) is 0.643. The van der Waals surface area contributed by atoms with E-state index in [9.17, 15) is 9.59 Å². The Hall–Kier alpha value is -1.68. The van der Waals surface area contributed by atoms with Crippen LogP contribution in [-0.4, -0.2) is 41.1 Å². The molecule has 0 spiro atoms. The number of hydrogen-bond acceptors (Lipinski definition) is 5. The molecule has 0 aromatic heterocycles. The number of carbonyl (C=O) groups excluding carboxylic acids is 1. The number of carboxylic acid groups (broad SMARTS) is 1. The quantitative estimate of drug-likeness (QED) is 0.460. The molecule has 0 radical (unpaired) electrons. The number of amides is 1. The lowest BCUT2D eigenvalue weighted by Crippen LogP contribution is -2.36. The van der Waals surface area contributed by atoms with Gasteiger partial charge in [-0.15, -0.1) is 0 Å². The van der Waals surface area contributed by atoms with Gasteiger partial charge in [0.25, 0.3) is 5.91 Å². The molecule has 6 nitrogen and oxygen atoms in total. The maximum atomic E-state index is 11.9. The molecule has 1 unspecified atom stereocenters. The maximum absolute atomic E-state index is 11.9. The number of nitrogens with one attached hydrogen (secondary N) is 2. The van der Waals surface area contributed by atoms with Crippen LogP contribution in [0.2, 0.25) is 0 Å². The summed E-state index contributed by atoms with van der Waals surface area (Å²) in [6.07, 6.45) is 7.58. The second kappa shape index (κ2) is 9.29. The summed E-state index contributed by atoms with van der Waals surface area (Å²) in [7, 11) is 0. The number of aliphatic carboxylic acids is 1. The molecule has 0 bridgehead atoms. The van der Waals surface area contributed by atoms with E-state index < -0.39 is 17.9 Å². The van der Waals surface area contributed by atoms with E-state index in [-0.39, 0.29) is 11.6 Å². The smallest absolute Gasteiger partial charge is 0.326 e. The van der Waals surface area contributed by atoms with Crippen molar-refractivity contribution in [3.63, 3.8) is 0 Å². The third-order valence-corrected chi connectivity index (χ3v) is 4.04. The van der Waals surface area contributed by atoms with Gasteiger partial charge in [-0.3, -0.25) is 4.79 Å². The van der Waals surface area contributed by atoms with Crippen LogP contribution < -0.4 is 10.6 Å². The van der Waals surface area contributed by atoms with E-state index in [1.54, 1.807) is 11.8 Å². The van der Waals surface area contributed by atoms with Crippen molar-refractivity contribution in [3.05, 3.63) is 11.8 Å². The molecule has 0 saturated heterocycles. The van der Waals surface area contributed by atoms with Gasteiger partial charge in [-0.2, -0.15) is 17.0 Å². The van der Waals surface area contributed by atoms with Crippen LogP contribution in [0, 0.1) is 11.3 Å². The molecule has 1 rings (SSSR count). The number of thioether (sulfide) groups is 1. The van der Waals surface area contributed by atoms with Crippen molar-refractivity contribution in [2.45, 2.75) is 44.2 Å². The van der Waals surface area contributed by atoms with Crippen molar-refractivity contribution in [2.24, 2.45) is 0 Å². The zero-order valence-corrected chi connectivity index (χ0v) is 12.9. The number of hydrogen-bond donors (Lipinski definition) is 3. The first-order chi connectivity index (χ1) is 10.1. The molecule has 0 aromatic rings. The molecule has 21 heavy (non-hydrogen) atoms. The molecule has 1 amide bonds. The Balaban J connectivity index is 2.57. The first-order valence-electron chi connectivity index (χ1n) is 6.97.